The summed E-state index contributed by atoms with van der Waals surface area (Å²) in [6.07, 6.45) is 0. The lowest BCUT2D eigenvalue weighted by Gasteiger charge is -2.27. The van der Waals surface area contributed by atoms with E-state index in [4.69, 9.17) is 17.3 Å². The number of hydrogen-bond acceptors (Lipinski definition) is 1. The quantitative estimate of drug-likeness (QED) is 0.863. The Morgan fingerprint density at radius 1 is 1.00 bits per heavy atom. The van der Waals surface area contributed by atoms with Crippen molar-refractivity contribution in [1.82, 2.24) is 0 Å². The molecule has 0 heterocycles. The first-order valence-electron chi connectivity index (χ1n) is 6.57. The van der Waals surface area contributed by atoms with Crippen LogP contribution in [0, 0.1) is 0 Å². The van der Waals surface area contributed by atoms with Crippen LogP contribution in [0.5, 0.6) is 0 Å². The van der Waals surface area contributed by atoms with Gasteiger partial charge in [0.2, 0.25) is 0 Å². The average molecular weight is 274 g/mol. The highest BCUT2D eigenvalue weighted by Crippen LogP contribution is 2.32. The first kappa shape index (κ1) is 14.1. The maximum atomic E-state index is 6.50. The third kappa shape index (κ3) is 2.83. The predicted octanol–water partition coefficient (Wildman–Crippen LogP) is 4.69. The van der Waals surface area contributed by atoms with Crippen molar-refractivity contribution in [3.63, 3.8) is 0 Å². The highest BCUT2D eigenvalue weighted by molar-refractivity contribution is 6.31. The molecule has 0 aliphatic rings. The minimum absolute atomic E-state index is 0.526. The van der Waals surface area contributed by atoms with E-state index in [1.807, 2.05) is 31.2 Å². The third-order valence-electron chi connectivity index (χ3n) is 3.61. The summed E-state index contributed by atoms with van der Waals surface area (Å²) in [5.74, 6) is 0.526. The summed E-state index contributed by atoms with van der Waals surface area (Å²) in [6, 6.07) is 16.2. The Balaban J connectivity index is 2.42. The summed E-state index contributed by atoms with van der Waals surface area (Å²) in [5, 5.41) is 0.709. The van der Waals surface area contributed by atoms with Crippen molar-refractivity contribution in [2.45, 2.75) is 32.2 Å². The molecule has 0 amide bonds. The van der Waals surface area contributed by atoms with Gasteiger partial charge in [-0.2, -0.15) is 0 Å². The molecule has 1 nitrogen and oxygen atoms in total. The van der Waals surface area contributed by atoms with Crippen molar-refractivity contribution in [3.8, 4) is 0 Å². The summed E-state index contributed by atoms with van der Waals surface area (Å²) < 4.78 is 0. The molecule has 100 valence electrons. The molecule has 0 saturated carbocycles. The van der Waals surface area contributed by atoms with Crippen LogP contribution in [-0.2, 0) is 5.54 Å². The highest BCUT2D eigenvalue weighted by Gasteiger charge is 2.25. The van der Waals surface area contributed by atoms with E-state index in [9.17, 15) is 0 Å². The molecule has 0 aliphatic carbocycles. The fraction of sp³-hybridized carbons (Fsp3) is 0.294. The molecule has 19 heavy (non-hydrogen) atoms. The molecule has 0 spiro atoms. The summed E-state index contributed by atoms with van der Waals surface area (Å²) in [5.41, 5.74) is 9.27. The van der Waals surface area contributed by atoms with Gasteiger partial charge < -0.3 is 5.73 Å². The van der Waals surface area contributed by atoms with E-state index >= 15 is 0 Å². The Kier molecular flexibility index (Phi) is 3.98. The minimum atomic E-state index is -0.576. The van der Waals surface area contributed by atoms with E-state index < -0.39 is 5.54 Å². The molecule has 2 N–H and O–H groups in total. The van der Waals surface area contributed by atoms with Crippen LogP contribution in [0.4, 0.5) is 0 Å². The molecule has 1 atom stereocenters. The van der Waals surface area contributed by atoms with Gasteiger partial charge in [-0.25, -0.2) is 0 Å². The molecule has 0 bridgehead atoms. The van der Waals surface area contributed by atoms with Crippen LogP contribution >= 0.6 is 11.6 Å². The Morgan fingerprint density at radius 3 is 2.11 bits per heavy atom. The van der Waals surface area contributed by atoms with Crippen molar-refractivity contribution in [3.05, 3.63) is 70.2 Å². The number of halogens is 1. The van der Waals surface area contributed by atoms with E-state index in [1.165, 1.54) is 5.56 Å². The summed E-state index contributed by atoms with van der Waals surface area (Å²) in [7, 11) is 0. The number of hydrogen-bond donors (Lipinski definition) is 1. The van der Waals surface area contributed by atoms with Gasteiger partial charge in [-0.3, -0.25) is 0 Å². The Bertz CT molecular complexity index is 556. The van der Waals surface area contributed by atoms with Crippen LogP contribution < -0.4 is 5.73 Å². The molecular weight excluding hydrogens is 254 g/mol. The zero-order valence-electron chi connectivity index (χ0n) is 11.7. The van der Waals surface area contributed by atoms with Crippen molar-refractivity contribution in [2.75, 3.05) is 0 Å². The summed E-state index contributed by atoms with van der Waals surface area (Å²) in [4.78, 5) is 0. The van der Waals surface area contributed by atoms with Crippen molar-refractivity contribution >= 4 is 11.6 Å². The normalized spacial score (nSPS) is 14.4. The van der Waals surface area contributed by atoms with Crippen LogP contribution in [0.3, 0.4) is 0 Å². The Hall–Kier alpha value is -1.31. The van der Waals surface area contributed by atoms with Gasteiger partial charge in [0.05, 0.1) is 5.54 Å². The van der Waals surface area contributed by atoms with Gasteiger partial charge in [0, 0.05) is 5.02 Å². The fourth-order valence-electron chi connectivity index (χ4n) is 2.25. The fourth-order valence-corrected chi connectivity index (χ4v) is 2.58. The van der Waals surface area contributed by atoms with E-state index in [1.54, 1.807) is 0 Å². The molecule has 2 rings (SSSR count). The highest BCUT2D eigenvalue weighted by atomic mass is 35.5. The monoisotopic (exact) mass is 273 g/mol. The van der Waals surface area contributed by atoms with Gasteiger partial charge in [0.15, 0.2) is 0 Å². The topological polar surface area (TPSA) is 26.0 Å². The lowest BCUT2D eigenvalue weighted by Crippen LogP contribution is -2.34. The summed E-state index contributed by atoms with van der Waals surface area (Å²) in [6.45, 7) is 6.37. The van der Waals surface area contributed by atoms with Crippen LogP contribution in [0.1, 0.15) is 43.4 Å². The first-order chi connectivity index (χ1) is 8.93. The molecule has 2 aromatic rings. The second-order valence-electron chi connectivity index (χ2n) is 5.46. The van der Waals surface area contributed by atoms with Gasteiger partial charge in [0.1, 0.15) is 0 Å². The maximum absolute atomic E-state index is 6.50. The van der Waals surface area contributed by atoms with Crippen molar-refractivity contribution < 1.29 is 0 Å². The van der Waals surface area contributed by atoms with E-state index in [-0.39, 0.29) is 0 Å². The number of rotatable bonds is 3. The molecule has 0 aromatic heterocycles. The van der Waals surface area contributed by atoms with Crippen LogP contribution in [0.15, 0.2) is 48.5 Å². The molecule has 2 heteroatoms. The van der Waals surface area contributed by atoms with Crippen molar-refractivity contribution in [2.24, 2.45) is 5.73 Å². The van der Waals surface area contributed by atoms with Crippen LogP contribution in [0.25, 0.3) is 0 Å². The van der Waals surface area contributed by atoms with Gasteiger partial charge in [-0.15, -0.1) is 0 Å². The van der Waals surface area contributed by atoms with Crippen molar-refractivity contribution in [1.29, 1.82) is 0 Å². The molecule has 0 fully saturated rings. The predicted molar refractivity (Wildman–Crippen MR) is 82.6 cm³/mol. The number of nitrogens with two attached hydrogens (primary N) is 1. The van der Waals surface area contributed by atoms with Gasteiger partial charge in [-0.1, -0.05) is 67.9 Å². The lowest BCUT2D eigenvalue weighted by molar-refractivity contribution is 0.603. The van der Waals surface area contributed by atoms with E-state index in [2.05, 4.69) is 38.1 Å². The molecule has 0 radical (unpaired) electrons. The molecule has 2 aromatic carbocycles. The van der Waals surface area contributed by atoms with Gasteiger partial charge in [0.25, 0.3) is 0 Å². The zero-order chi connectivity index (χ0) is 14.0. The third-order valence-corrected chi connectivity index (χ3v) is 3.94. The lowest BCUT2D eigenvalue weighted by atomic mass is 9.84. The largest absolute Gasteiger partial charge is 0.318 e. The smallest absolute Gasteiger partial charge is 0.0651 e. The molecular formula is C17H20ClN. The molecule has 1 unspecified atom stereocenters. The van der Waals surface area contributed by atoms with Gasteiger partial charge >= 0.3 is 0 Å². The Morgan fingerprint density at radius 2 is 1.58 bits per heavy atom. The standard InChI is InChI=1S/C17H20ClN/c1-12(2)13-8-10-14(11-9-13)17(3,19)15-6-4-5-7-16(15)18/h4-12H,19H2,1-3H3. The second-order valence-corrected chi connectivity index (χ2v) is 5.87. The van der Waals surface area contributed by atoms with Gasteiger partial charge in [-0.05, 0) is 35.6 Å². The van der Waals surface area contributed by atoms with E-state index in [0.29, 0.717) is 10.9 Å². The molecule has 0 saturated heterocycles. The first-order valence-corrected chi connectivity index (χ1v) is 6.95. The SMILES string of the molecule is CC(C)c1ccc(C(C)(N)c2ccccc2Cl)cc1. The van der Waals surface area contributed by atoms with E-state index in [0.717, 1.165) is 11.1 Å². The molecule has 0 aliphatic heterocycles. The van der Waals surface area contributed by atoms with Crippen LogP contribution in [-0.4, -0.2) is 0 Å². The maximum Gasteiger partial charge on any atom is 0.0651 e. The Labute approximate surface area is 120 Å². The zero-order valence-corrected chi connectivity index (χ0v) is 12.4. The summed E-state index contributed by atoms with van der Waals surface area (Å²) >= 11 is 6.26. The number of benzene rings is 2. The second kappa shape index (κ2) is 5.36. The minimum Gasteiger partial charge on any atom is -0.318 e. The average Bonchev–Trinajstić information content (AvgIpc) is 2.39. The van der Waals surface area contributed by atoms with Crippen LogP contribution in [0.2, 0.25) is 5.02 Å².